The minimum atomic E-state index is -0.312. The summed E-state index contributed by atoms with van der Waals surface area (Å²) in [7, 11) is 0. The van der Waals surface area contributed by atoms with Gasteiger partial charge in [0.05, 0.1) is 18.8 Å². The van der Waals surface area contributed by atoms with Crippen molar-refractivity contribution in [1.82, 2.24) is 4.90 Å². The fourth-order valence-corrected chi connectivity index (χ4v) is 4.13. The molecule has 4 rings (SSSR count). The lowest BCUT2D eigenvalue weighted by molar-refractivity contribution is 0.135. The molecule has 1 heterocycles. The summed E-state index contributed by atoms with van der Waals surface area (Å²) in [6.07, 6.45) is 5.72. The smallest absolute Gasteiger partial charge is 0.322 e. The minimum absolute atomic E-state index is 0.0880. The highest BCUT2D eigenvalue weighted by Gasteiger charge is 2.30. The summed E-state index contributed by atoms with van der Waals surface area (Å²) in [6, 6.07) is 15.1. The van der Waals surface area contributed by atoms with Gasteiger partial charge in [-0.15, -0.1) is 0 Å². The van der Waals surface area contributed by atoms with Crippen LogP contribution in [-0.4, -0.2) is 35.3 Å². The number of nitrogens with zero attached hydrogens (tertiary/aromatic N) is 1. The maximum atomic E-state index is 12.9. The lowest BCUT2D eigenvalue weighted by atomic mass is 9.93. The Bertz CT molecular complexity index is 802. The van der Waals surface area contributed by atoms with Crippen molar-refractivity contribution in [2.24, 2.45) is 0 Å². The Hall–Kier alpha value is -2.53. The van der Waals surface area contributed by atoms with Crippen molar-refractivity contribution in [3.05, 3.63) is 59.7 Å². The number of carbonyl (C=O) groups is 1. The van der Waals surface area contributed by atoms with E-state index in [1.165, 1.54) is 18.4 Å². The lowest BCUT2D eigenvalue weighted by Crippen LogP contribution is -2.43. The number of aliphatic hydroxyl groups is 1. The van der Waals surface area contributed by atoms with Crippen LogP contribution in [0.1, 0.15) is 42.9 Å². The molecule has 5 heteroatoms. The van der Waals surface area contributed by atoms with Crippen molar-refractivity contribution < 1.29 is 14.6 Å². The van der Waals surface area contributed by atoms with E-state index in [0.29, 0.717) is 12.2 Å². The van der Waals surface area contributed by atoms with Crippen LogP contribution in [0.4, 0.5) is 10.5 Å². The number of carbonyl (C=O) groups excluding carboxylic acids is 1. The van der Waals surface area contributed by atoms with Gasteiger partial charge in [0.2, 0.25) is 0 Å². The molecule has 27 heavy (non-hydrogen) atoms. The molecule has 1 aliphatic carbocycles. The van der Waals surface area contributed by atoms with E-state index in [1.807, 2.05) is 42.5 Å². The van der Waals surface area contributed by atoms with Crippen LogP contribution in [0.5, 0.6) is 5.75 Å². The second-order valence-corrected chi connectivity index (χ2v) is 7.32. The number of nitrogens with one attached hydrogen (secondary N) is 1. The zero-order chi connectivity index (χ0) is 18.6. The molecule has 2 aliphatic rings. The molecule has 142 valence electrons. The molecule has 2 aromatic carbocycles. The molecule has 5 nitrogen and oxygen atoms in total. The summed E-state index contributed by atoms with van der Waals surface area (Å²) in [5.74, 6) is 0.794. The van der Waals surface area contributed by atoms with E-state index in [2.05, 4.69) is 11.4 Å². The largest absolute Gasteiger partial charge is 0.490 e. The number of benzene rings is 2. The monoisotopic (exact) mass is 366 g/mol. The van der Waals surface area contributed by atoms with Crippen LogP contribution < -0.4 is 10.1 Å². The molecule has 1 fully saturated rings. The normalized spacial score (nSPS) is 19.6. The van der Waals surface area contributed by atoms with Crippen LogP contribution in [-0.2, 0) is 6.42 Å². The highest BCUT2D eigenvalue weighted by molar-refractivity contribution is 5.90. The Kier molecular flexibility index (Phi) is 5.30. The number of fused-ring (bicyclic) bond motifs is 1. The van der Waals surface area contributed by atoms with Crippen LogP contribution in [0.15, 0.2) is 48.5 Å². The Morgan fingerprint density at radius 3 is 2.78 bits per heavy atom. The number of ether oxygens (including phenoxy) is 1. The third kappa shape index (κ3) is 3.93. The van der Waals surface area contributed by atoms with Gasteiger partial charge in [-0.3, -0.25) is 0 Å². The molecule has 1 atom stereocenters. The van der Waals surface area contributed by atoms with Gasteiger partial charge in [-0.1, -0.05) is 30.3 Å². The van der Waals surface area contributed by atoms with Crippen molar-refractivity contribution in [3.8, 4) is 5.75 Å². The van der Waals surface area contributed by atoms with Crippen LogP contribution in [0.25, 0.3) is 0 Å². The fraction of sp³-hybridized carbons (Fsp3) is 0.409. The van der Waals surface area contributed by atoms with Crippen molar-refractivity contribution in [2.45, 2.75) is 44.2 Å². The topological polar surface area (TPSA) is 61.8 Å². The molecule has 2 amide bonds. The van der Waals surface area contributed by atoms with Gasteiger partial charge in [-0.2, -0.15) is 0 Å². The van der Waals surface area contributed by atoms with E-state index in [-0.39, 0.29) is 24.8 Å². The highest BCUT2D eigenvalue weighted by Crippen LogP contribution is 2.30. The Labute approximate surface area is 160 Å². The van der Waals surface area contributed by atoms with E-state index in [9.17, 15) is 9.90 Å². The molecule has 2 N–H and O–H groups in total. The quantitative estimate of drug-likeness (QED) is 0.855. The summed E-state index contributed by atoms with van der Waals surface area (Å²) in [5.41, 5.74) is 2.94. The first kappa shape index (κ1) is 17.9. The zero-order valence-electron chi connectivity index (χ0n) is 15.4. The average Bonchev–Trinajstić information content (AvgIpc) is 3.20. The molecule has 0 aromatic heterocycles. The molecular formula is C22H26N2O3. The van der Waals surface area contributed by atoms with E-state index in [1.54, 1.807) is 4.90 Å². The van der Waals surface area contributed by atoms with E-state index < -0.39 is 0 Å². The number of hydrogen-bond acceptors (Lipinski definition) is 3. The number of urea groups is 1. The second kappa shape index (κ2) is 8.01. The molecule has 1 aliphatic heterocycles. The van der Waals surface area contributed by atoms with Gasteiger partial charge in [-0.05, 0) is 55.4 Å². The highest BCUT2D eigenvalue weighted by atomic mass is 16.5. The maximum Gasteiger partial charge on any atom is 0.322 e. The minimum Gasteiger partial charge on any atom is -0.490 e. The molecule has 0 spiro atoms. The molecule has 2 aromatic rings. The van der Waals surface area contributed by atoms with Crippen molar-refractivity contribution in [1.29, 1.82) is 0 Å². The number of amides is 2. The van der Waals surface area contributed by atoms with E-state index in [0.717, 1.165) is 30.6 Å². The molecule has 0 bridgehead atoms. The van der Waals surface area contributed by atoms with Crippen LogP contribution >= 0.6 is 0 Å². The molecule has 0 radical (unpaired) electrons. The van der Waals surface area contributed by atoms with Crippen LogP contribution in [0.2, 0.25) is 0 Å². The Morgan fingerprint density at radius 1 is 1.15 bits per heavy atom. The summed E-state index contributed by atoms with van der Waals surface area (Å²) < 4.78 is 6.03. The lowest BCUT2D eigenvalue weighted by Gasteiger charge is -2.36. The third-order valence-corrected chi connectivity index (χ3v) is 5.54. The zero-order valence-corrected chi connectivity index (χ0v) is 15.4. The van der Waals surface area contributed by atoms with Gasteiger partial charge < -0.3 is 20.1 Å². The SMILES string of the molecule is O=C(Nc1cccc(OC2CCCC2)c1)N1CCc2ccccc2C1CO. The predicted octanol–water partition coefficient (Wildman–Crippen LogP) is 4.13. The first-order chi connectivity index (χ1) is 13.2. The van der Waals surface area contributed by atoms with Gasteiger partial charge in [0.15, 0.2) is 0 Å². The maximum absolute atomic E-state index is 12.9. The summed E-state index contributed by atoms with van der Waals surface area (Å²) in [5, 5.41) is 12.9. The van der Waals surface area contributed by atoms with Gasteiger partial charge in [0.25, 0.3) is 0 Å². The molecule has 1 unspecified atom stereocenters. The number of rotatable bonds is 4. The number of aliphatic hydroxyl groups excluding tert-OH is 1. The van der Waals surface area contributed by atoms with Gasteiger partial charge in [-0.25, -0.2) is 4.79 Å². The first-order valence-electron chi connectivity index (χ1n) is 9.77. The third-order valence-electron chi connectivity index (χ3n) is 5.54. The molecule has 0 saturated heterocycles. The van der Waals surface area contributed by atoms with Crippen molar-refractivity contribution in [3.63, 3.8) is 0 Å². The first-order valence-corrected chi connectivity index (χ1v) is 9.77. The van der Waals surface area contributed by atoms with E-state index in [4.69, 9.17) is 4.74 Å². The summed E-state index contributed by atoms with van der Waals surface area (Å²) in [6.45, 7) is 0.502. The molecular weight excluding hydrogens is 340 g/mol. The van der Waals surface area contributed by atoms with Gasteiger partial charge in [0.1, 0.15) is 5.75 Å². The number of anilines is 1. The van der Waals surface area contributed by atoms with E-state index >= 15 is 0 Å². The predicted molar refractivity (Wildman–Crippen MR) is 105 cm³/mol. The fourth-order valence-electron chi connectivity index (χ4n) is 4.13. The van der Waals surface area contributed by atoms with Gasteiger partial charge >= 0.3 is 6.03 Å². The standard InChI is InChI=1S/C22H26N2O3/c25-15-21-20-11-4-1-6-16(20)12-13-24(21)22(26)23-17-7-5-10-19(14-17)27-18-8-2-3-9-18/h1,4-7,10-11,14,18,21,25H,2-3,8-9,12-13,15H2,(H,23,26). The second-order valence-electron chi connectivity index (χ2n) is 7.32. The van der Waals surface area contributed by atoms with Crippen molar-refractivity contribution >= 4 is 11.7 Å². The molecule has 1 saturated carbocycles. The van der Waals surface area contributed by atoms with Gasteiger partial charge in [0, 0.05) is 18.3 Å². The summed E-state index contributed by atoms with van der Waals surface area (Å²) in [4.78, 5) is 14.6. The summed E-state index contributed by atoms with van der Waals surface area (Å²) >= 11 is 0. The van der Waals surface area contributed by atoms with Crippen LogP contribution in [0.3, 0.4) is 0 Å². The number of hydrogen-bond donors (Lipinski definition) is 2. The average molecular weight is 366 g/mol. The Balaban J connectivity index is 1.46. The Morgan fingerprint density at radius 2 is 1.96 bits per heavy atom. The van der Waals surface area contributed by atoms with Crippen LogP contribution in [0, 0.1) is 0 Å². The van der Waals surface area contributed by atoms with Crippen molar-refractivity contribution in [2.75, 3.05) is 18.5 Å².